The molecule has 0 saturated carbocycles. The van der Waals surface area contributed by atoms with Crippen molar-refractivity contribution in [3.8, 4) is 0 Å². The van der Waals surface area contributed by atoms with Gasteiger partial charge in [0.15, 0.2) is 9.84 Å². The summed E-state index contributed by atoms with van der Waals surface area (Å²) in [6.07, 6.45) is 1.15. The summed E-state index contributed by atoms with van der Waals surface area (Å²) in [5, 5.41) is 0. The minimum atomic E-state index is -3.67. The van der Waals surface area contributed by atoms with Crippen LogP contribution in [0.4, 0.5) is 0 Å². The fourth-order valence-corrected chi connectivity index (χ4v) is 5.55. The second-order valence-corrected chi connectivity index (χ2v) is 10.8. The Bertz CT molecular complexity index is 972. The van der Waals surface area contributed by atoms with E-state index in [0.717, 1.165) is 11.8 Å². The van der Waals surface area contributed by atoms with E-state index in [2.05, 4.69) is 0 Å². The minimum absolute atomic E-state index is 0.0458. The molecule has 2 atom stereocenters. The molecule has 8 heteroatoms. The van der Waals surface area contributed by atoms with Crippen molar-refractivity contribution in [3.05, 3.63) is 65.7 Å². The number of sulfone groups is 1. The third-order valence-electron chi connectivity index (χ3n) is 4.55. The molecule has 0 aromatic heterocycles. The van der Waals surface area contributed by atoms with Gasteiger partial charge in [0.25, 0.3) is 0 Å². The fourth-order valence-electron chi connectivity index (χ4n) is 3.25. The number of benzene rings is 2. The summed E-state index contributed by atoms with van der Waals surface area (Å²) in [5.41, 5.74) is 7.79. The van der Waals surface area contributed by atoms with Crippen LogP contribution >= 0.6 is 0 Å². The molecule has 1 fully saturated rings. The molecular formula is C18H22N2O4S2. The quantitative estimate of drug-likeness (QED) is 0.825. The standard InChI is InChI=1S/C18H22N2O4S2/c1-25(21,22)13-14-7-9-16(10-8-14)26(23,24)20-11-17(18(19)12-20)15-5-3-2-4-6-15/h2-10,17-18H,11-13,19H2,1H3/t17-,18+/m0/s1. The third-order valence-corrected chi connectivity index (χ3v) is 7.25. The largest absolute Gasteiger partial charge is 0.326 e. The summed E-state index contributed by atoms with van der Waals surface area (Å²) in [6.45, 7) is 0.589. The maximum absolute atomic E-state index is 12.9. The molecule has 1 saturated heterocycles. The predicted molar refractivity (Wildman–Crippen MR) is 101 cm³/mol. The maximum Gasteiger partial charge on any atom is 0.243 e. The lowest BCUT2D eigenvalue weighted by Gasteiger charge is -2.17. The molecule has 0 aliphatic carbocycles. The van der Waals surface area contributed by atoms with Crippen LogP contribution in [-0.4, -0.2) is 46.5 Å². The number of nitrogens with zero attached hydrogens (tertiary/aromatic N) is 1. The summed E-state index contributed by atoms with van der Waals surface area (Å²) in [7, 11) is -6.83. The van der Waals surface area contributed by atoms with E-state index >= 15 is 0 Å². The zero-order chi connectivity index (χ0) is 18.9. The van der Waals surface area contributed by atoms with Crippen molar-refractivity contribution in [2.45, 2.75) is 22.6 Å². The summed E-state index contributed by atoms with van der Waals surface area (Å²) < 4.78 is 49.9. The normalized spacial score (nSPS) is 21.8. The van der Waals surface area contributed by atoms with Gasteiger partial charge in [-0.2, -0.15) is 4.31 Å². The smallest absolute Gasteiger partial charge is 0.243 e. The first-order valence-electron chi connectivity index (χ1n) is 8.24. The molecule has 2 aromatic rings. The lowest BCUT2D eigenvalue weighted by atomic mass is 9.95. The van der Waals surface area contributed by atoms with Gasteiger partial charge in [-0.15, -0.1) is 0 Å². The number of sulfonamides is 1. The molecular weight excluding hydrogens is 372 g/mol. The molecule has 140 valence electrons. The molecule has 1 aliphatic rings. The van der Waals surface area contributed by atoms with Crippen LogP contribution in [-0.2, 0) is 25.6 Å². The number of hydrogen-bond donors (Lipinski definition) is 1. The van der Waals surface area contributed by atoms with Crippen molar-refractivity contribution >= 4 is 19.9 Å². The number of nitrogens with two attached hydrogens (primary N) is 1. The van der Waals surface area contributed by atoms with Crippen molar-refractivity contribution in [2.75, 3.05) is 19.3 Å². The molecule has 0 radical (unpaired) electrons. The van der Waals surface area contributed by atoms with Gasteiger partial charge in [-0.3, -0.25) is 0 Å². The van der Waals surface area contributed by atoms with Crippen molar-refractivity contribution in [3.63, 3.8) is 0 Å². The first kappa shape index (κ1) is 19.0. The number of hydrogen-bond acceptors (Lipinski definition) is 5. The fraction of sp³-hybridized carbons (Fsp3) is 0.333. The van der Waals surface area contributed by atoms with Gasteiger partial charge in [0.05, 0.1) is 10.6 Å². The maximum atomic E-state index is 12.9. The Morgan fingerprint density at radius 1 is 0.962 bits per heavy atom. The Hall–Kier alpha value is -1.74. The molecule has 2 aromatic carbocycles. The van der Waals surface area contributed by atoms with E-state index in [1.54, 1.807) is 12.1 Å². The molecule has 2 N–H and O–H groups in total. The zero-order valence-corrected chi connectivity index (χ0v) is 16.1. The van der Waals surface area contributed by atoms with Crippen molar-refractivity contribution in [2.24, 2.45) is 5.73 Å². The van der Waals surface area contributed by atoms with E-state index in [1.165, 1.54) is 16.4 Å². The van der Waals surface area contributed by atoms with E-state index in [-0.39, 0.29) is 29.2 Å². The van der Waals surface area contributed by atoms with Crippen LogP contribution in [0, 0.1) is 0 Å². The third kappa shape index (κ3) is 4.15. The number of rotatable bonds is 5. The summed E-state index contributed by atoms with van der Waals surface area (Å²) in [5.74, 6) is -0.159. The highest BCUT2D eigenvalue weighted by Gasteiger charge is 2.38. The Balaban J connectivity index is 1.80. The monoisotopic (exact) mass is 394 g/mol. The average Bonchev–Trinajstić information content (AvgIpc) is 2.97. The molecule has 0 amide bonds. The predicted octanol–water partition coefficient (Wildman–Crippen LogP) is 1.35. The van der Waals surface area contributed by atoms with Crippen LogP contribution in [0.3, 0.4) is 0 Å². The van der Waals surface area contributed by atoms with Crippen LogP contribution in [0.15, 0.2) is 59.5 Å². The molecule has 26 heavy (non-hydrogen) atoms. The molecule has 0 bridgehead atoms. The van der Waals surface area contributed by atoms with Gasteiger partial charge in [-0.05, 0) is 23.3 Å². The second-order valence-electron chi connectivity index (χ2n) is 6.72. The van der Waals surface area contributed by atoms with Crippen LogP contribution < -0.4 is 5.73 Å². The summed E-state index contributed by atoms with van der Waals surface area (Å²) in [6, 6.07) is 15.4. The Morgan fingerprint density at radius 2 is 1.58 bits per heavy atom. The Labute approximate surface area is 154 Å². The molecule has 1 aliphatic heterocycles. The first-order chi connectivity index (χ1) is 12.2. The lowest BCUT2D eigenvalue weighted by Crippen LogP contribution is -2.32. The molecule has 3 rings (SSSR count). The van der Waals surface area contributed by atoms with Crippen LogP contribution in [0.1, 0.15) is 17.0 Å². The molecule has 0 unspecified atom stereocenters. The van der Waals surface area contributed by atoms with E-state index < -0.39 is 19.9 Å². The molecule has 1 heterocycles. The van der Waals surface area contributed by atoms with Crippen LogP contribution in [0.5, 0.6) is 0 Å². The summed E-state index contributed by atoms with van der Waals surface area (Å²) >= 11 is 0. The topological polar surface area (TPSA) is 97.5 Å². The SMILES string of the molecule is CS(=O)(=O)Cc1ccc(S(=O)(=O)N2C[C@@H](N)[C@H](c3ccccc3)C2)cc1. The van der Waals surface area contributed by atoms with E-state index in [0.29, 0.717) is 12.1 Å². The highest BCUT2D eigenvalue weighted by Crippen LogP contribution is 2.30. The van der Waals surface area contributed by atoms with Crippen molar-refractivity contribution in [1.82, 2.24) is 4.31 Å². The highest BCUT2D eigenvalue weighted by atomic mass is 32.2. The van der Waals surface area contributed by atoms with Crippen molar-refractivity contribution in [1.29, 1.82) is 0 Å². The lowest BCUT2D eigenvalue weighted by molar-refractivity contribution is 0.470. The van der Waals surface area contributed by atoms with E-state index in [4.69, 9.17) is 5.73 Å². The minimum Gasteiger partial charge on any atom is -0.326 e. The van der Waals surface area contributed by atoms with Crippen LogP contribution in [0.25, 0.3) is 0 Å². The van der Waals surface area contributed by atoms with Gasteiger partial charge in [0, 0.05) is 31.3 Å². The Kier molecular flexibility index (Phi) is 5.21. The highest BCUT2D eigenvalue weighted by molar-refractivity contribution is 7.90. The first-order valence-corrected chi connectivity index (χ1v) is 11.7. The summed E-state index contributed by atoms with van der Waals surface area (Å²) in [4.78, 5) is 0.149. The zero-order valence-electron chi connectivity index (χ0n) is 14.4. The van der Waals surface area contributed by atoms with Gasteiger partial charge in [0.2, 0.25) is 10.0 Å². The van der Waals surface area contributed by atoms with Gasteiger partial charge in [-0.25, -0.2) is 16.8 Å². The van der Waals surface area contributed by atoms with Gasteiger partial charge >= 0.3 is 0 Å². The van der Waals surface area contributed by atoms with Gasteiger partial charge in [-0.1, -0.05) is 42.5 Å². The molecule has 0 spiro atoms. The average molecular weight is 395 g/mol. The van der Waals surface area contributed by atoms with Crippen molar-refractivity contribution < 1.29 is 16.8 Å². The van der Waals surface area contributed by atoms with E-state index in [9.17, 15) is 16.8 Å². The molecule has 6 nitrogen and oxygen atoms in total. The second kappa shape index (κ2) is 7.11. The van der Waals surface area contributed by atoms with Gasteiger partial charge in [0.1, 0.15) is 0 Å². The Morgan fingerprint density at radius 3 is 2.15 bits per heavy atom. The van der Waals surface area contributed by atoms with E-state index in [1.807, 2.05) is 30.3 Å². The van der Waals surface area contributed by atoms with Gasteiger partial charge < -0.3 is 5.73 Å². The van der Waals surface area contributed by atoms with Crippen LogP contribution in [0.2, 0.25) is 0 Å².